The summed E-state index contributed by atoms with van der Waals surface area (Å²) in [5.74, 6) is -0.937. The second kappa shape index (κ2) is 9.19. The summed E-state index contributed by atoms with van der Waals surface area (Å²) in [5, 5.41) is 5.52. The van der Waals surface area contributed by atoms with Gasteiger partial charge in [-0.3, -0.25) is 9.59 Å². The van der Waals surface area contributed by atoms with Crippen molar-refractivity contribution in [1.29, 1.82) is 0 Å². The first kappa shape index (κ1) is 20.2. The quantitative estimate of drug-likeness (QED) is 0.779. The van der Waals surface area contributed by atoms with Crippen LogP contribution in [0.5, 0.6) is 5.75 Å². The highest BCUT2D eigenvalue weighted by molar-refractivity contribution is 6.09. The maximum absolute atomic E-state index is 14.0. The summed E-state index contributed by atoms with van der Waals surface area (Å²) in [7, 11) is 0. The van der Waals surface area contributed by atoms with Gasteiger partial charge >= 0.3 is 0 Å². The number of aromatic nitrogens is 1. The smallest absolute Gasteiger partial charge is 0.272 e. The van der Waals surface area contributed by atoms with Gasteiger partial charge in [-0.25, -0.2) is 9.37 Å². The number of nitrogens with zero attached hydrogens (tertiary/aromatic N) is 1. The van der Waals surface area contributed by atoms with E-state index in [0.717, 1.165) is 18.9 Å². The van der Waals surface area contributed by atoms with Crippen LogP contribution in [0.4, 0.5) is 10.1 Å². The number of nitrogens with one attached hydrogen (secondary N) is 2. The standard InChI is InChI=1S/C21H22FN3O5/c22-15-8-14-11-29-12-30-19(14)16(9-15)20(26)25-17-2-1-5-23-18(17)21(27)24-10-13-3-6-28-7-4-13/h1-2,5,8-9,13H,3-4,6-7,10-12H2,(H,24,27)(H,25,26). The lowest BCUT2D eigenvalue weighted by molar-refractivity contribution is -0.0170. The summed E-state index contributed by atoms with van der Waals surface area (Å²) in [4.78, 5) is 29.6. The Kier molecular flexibility index (Phi) is 6.20. The molecule has 158 valence electrons. The summed E-state index contributed by atoms with van der Waals surface area (Å²) < 4.78 is 29.8. The predicted molar refractivity (Wildman–Crippen MR) is 105 cm³/mol. The van der Waals surface area contributed by atoms with Gasteiger partial charge in [-0.05, 0) is 43.0 Å². The van der Waals surface area contributed by atoms with Crippen molar-refractivity contribution >= 4 is 17.5 Å². The molecular weight excluding hydrogens is 393 g/mol. The molecular formula is C21H22FN3O5. The number of carbonyl (C=O) groups excluding carboxylic acids is 2. The summed E-state index contributed by atoms with van der Waals surface area (Å²) in [6, 6.07) is 5.55. The van der Waals surface area contributed by atoms with E-state index in [-0.39, 0.29) is 42.0 Å². The zero-order valence-electron chi connectivity index (χ0n) is 16.3. The molecule has 2 N–H and O–H groups in total. The van der Waals surface area contributed by atoms with E-state index < -0.39 is 11.7 Å². The van der Waals surface area contributed by atoms with E-state index in [9.17, 15) is 14.0 Å². The van der Waals surface area contributed by atoms with E-state index in [0.29, 0.717) is 31.2 Å². The molecule has 1 aromatic heterocycles. The Labute approximate surface area is 172 Å². The van der Waals surface area contributed by atoms with Crippen LogP contribution in [-0.4, -0.2) is 43.3 Å². The largest absolute Gasteiger partial charge is 0.466 e. The van der Waals surface area contributed by atoms with E-state index in [1.807, 2.05) is 0 Å². The first-order valence-corrected chi connectivity index (χ1v) is 9.77. The maximum atomic E-state index is 14.0. The van der Waals surface area contributed by atoms with Crippen molar-refractivity contribution in [1.82, 2.24) is 10.3 Å². The molecule has 2 aliphatic heterocycles. The van der Waals surface area contributed by atoms with Gasteiger partial charge in [0, 0.05) is 31.5 Å². The Hall–Kier alpha value is -3.04. The van der Waals surface area contributed by atoms with Crippen LogP contribution in [0.2, 0.25) is 0 Å². The zero-order chi connectivity index (χ0) is 20.9. The van der Waals surface area contributed by atoms with Crippen molar-refractivity contribution < 1.29 is 28.2 Å². The van der Waals surface area contributed by atoms with Gasteiger partial charge in [-0.2, -0.15) is 0 Å². The average Bonchev–Trinajstić information content (AvgIpc) is 2.78. The van der Waals surface area contributed by atoms with Crippen LogP contribution in [0.25, 0.3) is 0 Å². The van der Waals surface area contributed by atoms with Crippen LogP contribution in [0, 0.1) is 11.7 Å². The van der Waals surface area contributed by atoms with Gasteiger partial charge in [0.2, 0.25) is 0 Å². The molecule has 2 aliphatic rings. The second-order valence-electron chi connectivity index (χ2n) is 7.17. The minimum Gasteiger partial charge on any atom is -0.466 e. The number of carbonyl (C=O) groups is 2. The van der Waals surface area contributed by atoms with Gasteiger partial charge in [0.25, 0.3) is 11.8 Å². The minimum absolute atomic E-state index is 0.0222. The highest BCUT2D eigenvalue weighted by atomic mass is 19.1. The fraction of sp³-hybridized carbons (Fsp3) is 0.381. The van der Waals surface area contributed by atoms with Crippen molar-refractivity contribution in [2.75, 3.05) is 31.9 Å². The Balaban J connectivity index is 1.49. The molecule has 2 amide bonds. The number of pyridine rings is 1. The molecule has 1 fully saturated rings. The average molecular weight is 415 g/mol. The van der Waals surface area contributed by atoms with Gasteiger partial charge in [-0.1, -0.05) is 0 Å². The number of hydrogen-bond donors (Lipinski definition) is 2. The fourth-order valence-electron chi connectivity index (χ4n) is 3.50. The Bertz CT molecular complexity index is 946. The van der Waals surface area contributed by atoms with Crippen LogP contribution in [0.1, 0.15) is 39.3 Å². The number of amides is 2. The third kappa shape index (κ3) is 4.58. The molecule has 0 aliphatic carbocycles. The minimum atomic E-state index is -0.598. The highest BCUT2D eigenvalue weighted by Crippen LogP contribution is 2.30. The van der Waals surface area contributed by atoms with Gasteiger partial charge in [0.05, 0.1) is 17.9 Å². The van der Waals surface area contributed by atoms with Crippen molar-refractivity contribution in [3.8, 4) is 5.75 Å². The Morgan fingerprint density at radius 2 is 2.00 bits per heavy atom. The monoisotopic (exact) mass is 415 g/mol. The lowest BCUT2D eigenvalue weighted by atomic mass is 10.0. The van der Waals surface area contributed by atoms with Crippen LogP contribution in [-0.2, 0) is 16.1 Å². The SMILES string of the molecule is O=C(Nc1cccnc1C(=O)NCC1CCOCC1)c1cc(F)cc2c1OCOC2. The number of fused-ring (bicyclic) bond motifs is 1. The van der Waals surface area contributed by atoms with E-state index in [1.54, 1.807) is 12.1 Å². The molecule has 4 rings (SSSR count). The summed E-state index contributed by atoms with van der Waals surface area (Å²) >= 11 is 0. The van der Waals surface area contributed by atoms with Gasteiger partial charge in [0.1, 0.15) is 11.6 Å². The van der Waals surface area contributed by atoms with Crippen LogP contribution in [0.15, 0.2) is 30.5 Å². The maximum Gasteiger partial charge on any atom is 0.272 e. The summed E-state index contributed by atoms with van der Waals surface area (Å²) in [6.45, 7) is 2.02. The molecule has 0 saturated carbocycles. The van der Waals surface area contributed by atoms with E-state index in [2.05, 4.69) is 15.6 Å². The topological polar surface area (TPSA) is 98.8 Å². The van der Waals surface area contributed by atoms with E-state index in [4.69, 9.17) is 14.2 Å². The number of anilines is 1. The van der Waals surface area contributed by atoms with Crippen LogP contribution in [0.3, 0.4) is 0 Å². The molecule has 0 spiro atoms. The number of benzene rings is 1. The number of rotatable bonds is 5. The van der Waals surface area contributed by atoms with Crippen molar-refractivity contribution in [2.24, 2.45) is 5.92 Å². The van der Waals surface area contributed by atoms with Crippen molar-refractivity contribution in [2.45, 2.75) is 19.4 Å². The van der Waals surface area contributed by atoms with E-state index >= 15 is 0 Å². The van der Waals surface area contributed by atoms with Gasteiger partial charge in [0.15, 0.2) is 12.5 Å². The molecule has 8 nitrogen and oxygen atoms in total. The fourth-order valence-corrected chi connectivity index (χ4v) is 3.50. The Morgan fingerprint density at radius 1 is 1.17 bits per heavy atom. The first-order chi connectivity index (χ1) is 14.6. The molecule has 1 saturated heterocycles. The molecule has 30 heavy (non-hydrogen) atoms. The number of halogens is 1. The molecule has 0 atom stereocenters. The predicted octanol–water partition coefficient (Wildman–Crippen LogP) is 2.50. The van der Waals surface area contributed by atoms with Crippen LogP contribution < -0.4 is 15.4 Å². The molecule has 0 unspecified atom stereocenters. The molecule has 1 aromatic carbocycles. The van der Waals surface area contributed by atoms with E-state index in [1.165, 1.54) is 12.3 Å². The van der Waals surface area contributed by atoms with Gasteiger partial charge in [-0.15, -0.1) is 0 Å². The molecule has 2 aromatic rings. The lowest BCUT2D eigenvalue weighted by Crippen LogP contribution is -2.33. The highest BCUT2D eigenvalue weighted by Gasteiger charge is 2.24. The normalized spacial score (nSPS) is 16.3. The zero-order valence-corrected chi connectivity index (χ0v) is 16.3. The number of ether oxygens (including phenoxy) is 3. The molecule has 9 heteroatoms. The summed E-state index contributed by atoms with van der Waals surface area (Å²) in [6.07, 6.45) is 3.25. The second-order valence-corrected chi connectivity index (χ2v) is 7.17. The summed E-state index contributed by atoms with van der Waals surface area (Å²) in [5.41, 5.74) is 0.808. The van der Waals surface area contributed by atoms with Crippen LogP contribution >= 0.6 is 0 Å². The molecule has 3 heterocycles. The third-order valence-electron chi connectivity index (χ3n) is 5.08. The first-order valence-electron chi connectivity index (χ1n) is 9.77. The molecule has 0 bridgehead atoms. The van der Waals surface area contributed by atoms with Crippen molar-refractivity contribution in [3.63, 3.8) is 0 Å². The Morgan fingerprint density at radius 3 is 2.83 bits per heavy atom. The molecule has 0 radical (unpaired) electrons. The van der Waals surface area contributed by atoms with Gasteiger partial charge < -0.3 is 24.8 Å². The lowest BCUT2D eigenvalue weighted by Gasteiger charge is -2.22. The van der Waals surface area contributed by atoms with Crippen molar-refractivity contribution in [3.05, 3.63) is 53.1 Å². The third-order valence-corrected chi connectivity index (χ3v) is 5.08. The number of hydrogen-bond acceptors (Lipinski definition) is 6.